The second-order valence-electron chi connectivity index (χ2n) is 12.9. The van der Waals surface area contributed by atoms with Gasteiger partial charge in [0.15, 0.2) is 0 Å². The molecular weight excluding hydrogens is 702 g/mol. The van der Waals surface area contributed by atoms with E-state index in [2.05, 4.69) is 42.2 Å². The molecular formula is C36H47N9O9. The van der Waals surface area contributed by atoms with Gasteiger partial charge in [-0.25, -0.2) is 0 Å². The molecule has 1 fully saturated rings. The summed E-state index contributed by atoms with van der Waals surface area (Å²) >= 11 is 0. The van der Waals surface area contributed by atoms with Crippen LogP contribution in [-0.4, -0.2) is 119 Å². The third-order valence-electron chi connectivity index (χ3n) is 8.84. The molecule has 3 aromatic rings. The normalized spacial score (nSPS) is 16.5. The van der Waals surface area contributed by atoms with E-state index in [4.69, 9.17) is 5.73 Å². The van der Waals surface area contributed by atoms with Gasteiger partial charge in [0.2, 0.25) is 41.4 Å². The number of primary amides is 1. The Balaban J connectivity index is 1.42. The number of carbonyl (C=O) groups is 7. The molecule has 12 N–H and O–H groups in total. The Hall–Kier alpha value is -5.85. The molecule has 1 aliphatic heterocycles. The van der Waals surface area contributed by atoms with Crippen molar-refractivity contribution in [1.29, 1.82) is 0 Å². The minimum absolute atomic E-state index is 0.0136. The van der Waals surface area contributed by atoms with Gasteiger partial charge >= 0.3 is 0 Å². The van der Waals surface area contributed by atoms with E-state index in [-0.39, 0.29) is 18.7 Å². The third-order valence-corrected chi connectivity index (χ3v) is 8.84. The molecule has 18 heteroatoms. The standard InChI is InChI=1S/C36H47N9O9/c1-20(41-33(51)25-12-7-13-38-25)31(49)42-26(14-21-8-3-2-4-9-21)34(52)44-29(19-47)36(54)45-28(18-46)35(53)43-27(32(50)40-17-30(37)48)15-22-16-39-24-11-6-5-10-23(22)24/h2-6,8-11,16,20,25-29,38-39,46-47H,7,12-15,17-19H2,1H3,(H2,37,48)(H,40,50)(H,41,51)(H,42,49)(H,43,53)(H,44,52)(H,45,54)/t20-,25-,26-,27-,28-,29-/m0/s1. The van der Waals surface area contributed by atoms with Crippen LogP contribution in [0, 0.1) is 0 Å². The monoisotopic (exact) mass is 749 g/mol. The number of nitrogens with one attached hydrogen (secondary N) is 8. The lowest BCUT2D eigenvalue weighted by atomic mass is 10.0. The minimum atomic E-state index is -1.64. The molecule has 0 aliphatic carbocycles. The molecule has 290 valence electrons. The molecule has 4 rings (SSSR count). The summed E-state index contributed by atoms with van der Waals surface area (Å²) < 4.78 is 0. The first kappa shape index (κ1) is 40.9. The summed E-state index contributed by atoms with van der Waals surface area (Å²) in [4.78, 5) is 93.3. The molecule has 0 radical (unpaired) electrons. The fourth-order valence-corrected chi connectivity index (χ4v) is 5.88. The topological polar surface area (TPSA) is 286 Å². The van der Waals surface area contributed by atoms with E-state index in [1.165, 1.54) is 6.92 Å². The minimum Gasteiger partial charge on any atom is -0.394 e. The number of benzene rings is 2. The molecule has 1 aromatic heterocycles. The number of aromatic nitrogens is 1. The van der Waals surface area contributed by atoms with Crippen LogP contribution < -0.4 is 43.0 Å². The Labute approximate surface area is 310 Å². The molecule has 6 atom stereocenters. The summed E-state index contributed by atoms with van der Waals surface area (Å²) in [6.45, 7) is -0.213. The van der Waals surface area contributed by atoms with E-state index in [0.29, 0.717) is 24.1 Å². The highest BCUT2D eigenvalue weighted by atomic mass is 16.3. The van der Waals surface area contributed by atoms with Crippen molar-refractivity contribution in [2.24, 2.45) is 5.73 Å². The van der Waals surface area contributed by atoms with Gasteiger partial charge < -0.3 is 58.1 Å². The van der Waals surface area contributed by atoms with Crippen LogP contribution >= 0.6 is 0 Å². The number of fused-ring (bicyclic) bond motifs is 1. The van der Waals surface area contributed by atoms with Gasteiger partial charge in [-0.05, 0) is 43.5 Å². The van der Waals surface area contributed by atoms with Crippen molar-refractivity contribution in [3.8, 4) is 0 Å². The molecule has 0 saturated carbocycles. The van der Waals surface area contributed by atoms with Gasteiger partial charge in [-0.2, -0.15) is 0 Å². The highest BCUT2D eigenvalue weighted by Crippen LogP contribution is 2.19. The van der Waals surface area contributed by atoms with Crippen LogP contribution in [0.25, 0.3) is 10.9 Å². The molecule has 1 saturated heterocycles. The second-order valence-corrected chi connectivity index (χ2v) is 12.9. The maximum absolute atomic E-state index is 13.6. The number of aliphatic hydroxyl groups is 2. The quantitative estimate of drug-likeness (QED) is 0.0582. The number of hydrogen-bond donors (Lipinski definition) is 11. The molecule has 0 spiro atoms. The molecule has 7 amide bonds. The van der Waals surface area contributed by atoms with Crippen LogP contribution in [-0.2, 0) is 46.4 Å². The number of carbonyl (C=O) groups excluding carboxylic acids is 7. The van der Waals surface area contributed by atoms with E-state index < -0.39 is 91.5 Å². The van der Waals surface area contributed by atoms with Crippen LogP contribution in [0.4, 0.5) is 0 Å². The van der Waals surface area contributed by atoms with E-state index >= 15 is 0 Å². The fourth-order valence-electron chi connectivity index (χ4n) is 5.88. The van der Waals surface area contributed by atoms with Crippen LogP contribution in [0.2, 0.25) is 0 Å². The van der Waals surface area contributed by atoms with Crippen LogP contribution in [0.15, 0.2) is 60.8 Å². The Morgan fingerprint density at radius 3 is 1.93 bits per heavy atom. The maximum atomic E-state index is 13.6. The summed E-state index contributed by atoms with van der Waals surface area (Å²) in [5.41, 5.74) is 7.26. The zero-order valence-electron chi connectivity index (χ0n) is 29.7. The first-order valence-corrected chi connectivity index (χ1v) is 17.5. The van der Waals surface area contributed by atoms with Gasteiger partial charge in [0.05, 0.1) is 25.8 Å². The Kier molecular flexibility index (Phi) is 15.0. The smallest absolute Gasteiger partial charge is 0.245 e. The number of H-pyrrole nitrogens is 1. The number of nitrogens with two attached hydrogens (primary N) is 1. The third kappa shape index (κ3) is 11.6. The highest BCUT2D eigenvalue weighted by molar-refractivity contribution is 5.97. The number of aliphatic hydroxyl groups excluding tert-OH is 2. The molecule has 1 aliphatic rings. The van der Waals surface area contributed by atoms with E-state index in [1.807, 2.05) is 18.2 Å². The summed E-state index contributed by atoms with van der Waals surface area (Å²) in [6.07, 6.45) is 3.04. The Bertz CT molecular complexity index is 1800. The maximum Gasteiger partial charge on any atom is 0.245 e. The van der Waals surface area contributed by atoms with Crippen molar-refractivity contribution in [2.45, 2.75) is 68.9 Å². The SMILES string of the molecule is C[C@H](NC(=O)[C@@H]1CCCN1)C(=O)N[C@@H](Cc1ccccc1)C(=O)N[C@@H](CO)C(=O)N[C@@H](CO)C(=O)N[C@@H](Cc1c[nH]c2ccccc12)C(=O)NCC(N)=O. The van der Waals surface area contributed by atoms with Gasteiger partial charge in [-0.3, -0.25) is 33.6 Å². The molecule has 0 bridgehead atoms. The fraction of sp³-hybridized carbons (Fsp3) is 0.417. The van der Waals surface area contributed by atoms with Gasteiger partial charge in [-0.1, -0.05) is 48.5 Å². The zero-order valence-corrected chi connectivity index (χ0v) is 29.7. The van der Waals surface area contributed by atoms with Gasteiger partial charge in [-0.15, -0.1) is 0 Å². The molecule has 0 unspecified atom stereocenters. The zero-order chi connectivity index (χ0) is 39.2. The highest BCUT2D eigenvalue weighted by Gasteiger charge is 2.33. The van der Waals surface area contributed by atoms with Gasteiger partial charge in [0, 0.05) is 29.9 Å². The summed E-state index contributed by atoms with van der Waals surface area (Å²) in [5.74, 6) is -5.48. The average molecular weight is 750 g/mol. The Morgan fingerprint density at radius 2 is 1.31 bits per heavy atom. The lowest BCUT2D eigenvalue weighted by molar-refractivity contribution is -0.136. The summed E-state index contributed by atoms with van der Waals surface area (Å²) in [6, 6.07) is 8.68. The summed E-state index contributed by atoms with van der Waals surface area (Å²) in [5, 5.41) is 38.7. The predicted molar refractivity (Wildman–Crippen MR) is 195 cm³/mol. The van der Waals surface area contributed by atoms with Crippen molar-refractivity contribution in [3.05, 3.63) is 71.9 Å². The molecule has 18 nitrogen and oxygen atoms in total. The Morgan fingerprint density at radius 1 is 0.741 bits per heavy atom. The predicted octanol–water partition coefficient (Wildman–Crippen LogP) is -3.26. The van der Waals surface area contributed by atoms with Gasteiger partial charge in [0.25, 0.3) is 0 Å². The lowest BCUT2D eigenvalue weighted by Crippen LogP contribution is -2.61. The van der Waals surface area contributed by atoms with Crippen LogP contribution in [0.5, 0.6) is 0 Å². The first-order chi connectivity index (χ1) is 25.9. The van der Waals surface area contributed by atoms with E-state index in [9.17, 15) is 43.8 Å². The van der Waals surface area contributed by atoms with E-state index in [0.717, 1.165) is 17.3 Å². The molecule has 2 heterocycles. The van der Waals surface area contributed by atoms with Crippen molar-refractivity contribution in [3.63, 3.8) is 0 Å². The lowest BCUT2D eigenvalue weighted by Gasteiger charge is -2.26. The largest absolute Gasteiger partial charge is 0.394 e. The molecule has 2 aromatic carbocycles. The molecule has 54 heavy (non-hydrogen) atoms. The number of rotatable bonds is 19. The number of hydrogen-bond acceptors (Lipinski definition) is 10. The van der Waals surface area contributed by atoms with Crippen molar-refractivity contribution < 1.29 is 43.8 Å². The van der Waals surface area contributed by atoms with Crippen molar-refractivity contribution >= 4 is 52.3 Å². The van der Waals surface area contributed by atoms with Crippen molar-refractivity contribution in [1.82, 2.24) is 42.2 Å². The van der Waals surface area contributed by atoms with E-state index in [1.54, 1.807) is 42.6 Å². The van der Waals surface area contributed by atoms with Gasteiger partial charge in [0.1, 0.15) is 30.2 Å². The van der Waals surface area contributed by atoms with Crippen LogP contribution in [0.3, 0.4) is 0 Å². The number of para-hydroxylation sites is 1. The summed E-state index contributed by atoms with van der Waals surface area (Å²) in [7, 11) is 0. The van der Waals surface area contributed by atoms with Crippen molar-refractivity contribution in [2.75, 3.05) is 26.3 Å². The number of amides is 7. The first-order valence-electron chi connectivity index (χ1n) is 17.5. The number of aromatic amines is 1. The van der Waals surface area contributed by atoms with Crippen LogP contribution in [0.1, 0.15) is 30.9 Å². The second kappa shape index (κ2) is 19.8. The average Bonchev–Trinajstić information content (AvgIpc) is 3.86.